The molecule has 22 heavy (non-hydrogen) atoms. The molecule has 0 spiro atoms. The van der Waals surface area contributed by atoms with E-state index >= 15 is 0 Å². The van der Waals surface area contributed by atoms with Crippen LogP contribution in [0.5, 0.6) is 0 Å². The predicted molar refractivity (Wildman–Crippen MR) is 99.2 cm³/mol. The van der Waals surface area contributed by atoms with Gasteiger partial charge >= 0.3 is 0 Å². The molecular formula is C17H23Cl2N3. The fraction of sp³-hybridized carbons (Fsp3) is 0.294. The van der Waals surface area contributed by atoms with Gasteiger partial charge in [0.2, 0.25) is 0 Å². The van der Waals surface area contributed by atoms with Gasteiger partial charge in [-0.3, -0.25) is 4.90 Å². The van der Waals surface area contributed by atoms with Crippen molar-refractivity contribution in [2.24, 2.45) is 0 Å². The lowest BCUT2D eigenvalue weighted by atomic mass is 10.1. The van der Waals surface area contributed by atoms with Crippen LogP contribution in [0.2, 0.25) is 0 Å². The fourth-order valence-electron chi connectivity index (χ4n) is 2.83. The molecule has 2 aromatic rings. The van der Waals surface area contributed by atoms with Crippen LogP contribution >= 0.6 is 24.8 Å². The maximum atomic E-state index is 5.87. The maximum absolute atomic E-state index is 5.87. The van der Waals surface area contributed by atoms with Crippen molar-refractivity contribution in [3.05, 3.63) is 59.7 Å². The lowest BCUT2D eigenvalue weighted by Crippen LogP contribution is -2.28. The van der Waals surface area contributed by atoms with E-state index in [9.17, 15) is 0 Å². The summed E-state index contributed by atoms with van der Waals surface area (Å²) in [5.74, 6) is 0. The molecule has 3 nitrogen and oxygen atoms in total. The molecule has 0 fully saturated rings. The summed E-state index contributed by atoms with van der Waals surface area (Å²) in [7, 11) is 2.17. The molecule has 0 aliphatic carbocycles. The normalized spacial score (nSPS) is 14.3. The van der Waals surface area contributed by atoms with Gasteiger partial charge < -0.3 is 10.6 Å². The van der Waals surface area contributed by atoms with Gasteiger partial charge in [0, 0.05) is 44.6 Å². The summed E-state index contributed by atoms with van der Waals surface area (Å²) in [5.41, 5.74) is 10.7. The van der Waals surface area contributed by atoms with Gasteiger partial charge in [-0.2, -0.15) is 0 Å². The standard InChI is InChI=1S/C17H21N3.2ClH/c1-19-9-10-20(12-14-5-4-7-16(18)11-14)13-15-6-2-3-8-17(15)19;;/h2-8,11H,9-10,12-13,18H2,1H3;2*1H. The summed E-state index contributed by atoms with van der Waals surface area (Å²) in [6.45, 7) is 4.07. The topological polar surface area (TPSA) is 32.5 Å². The van der Waals surface area contributed by atoms with Crippen molar-refractivity contribution >= 4 is 36.2 Å². The highest BCUT2D eigenvalue weighted by atomic mass is 35.5. The molecule has 5 heteroatoms. The molecule has 1 aliphatic heterocycles. The number of hydrogen-bond donors (Lipinski definition) is 1. The first-order chi connectivity index (χ1) is 9.72. The Balaban J connectivity index is 0.00000121. The molecule has 120 valence electrons. The fourth-order valence-corrected chi connectivity index (χ4v) is 2.83. The third-order valence-corrected chi connectivity index (χ3v) is 3.91. The molecule has 2 aromatic carbocycles. The minimum absolute atomic E-state index is 0. The molecule has 0 unspecified atom stereocenters. The number of likely N-dealkylation sites (N-methyl/N-ethyl adjacent to an activating group) is 1. The van der Waals surface area contributed by atoms with Crippen molar-refractivity contribution in [1.29, 1.82) is 0 Å². The summed E-state index contributed by atoms with van der Waals surface area (Å²) in [6, 6.07) is 16.9. The smallest absolute Gasteiger partial charge is 0.0409 e. The average molecular weight is 340 g/mol. The molecular weight excluding hydrogens is 317 g/mol. The Morgan fingerprint density at radius 2 is 1.77 bits per heavy atom. The van der Waals surface area contributed by atoms with E-state index < -0.39 is 0 Å². The van der Waals surface area contributed by atoms with Crippen molar-refractivity contribution in [1.82, 2.24) is 4.90 Å². The van der Waals surface area contributed by atoms with Gasteiger partial charge in [0.1, 0.15) is 0 Å². The molecule has 0 saturated carbocycles. The number of fused-ring (bicyclic) bond motifs is 1. The molecule has 0 amide bonds. The van der Waals surface area contributed by atoms with Crippen molar-refractivity contribution in [2.45, 2.75) is 13.1 Å². The number of nitrogens with zero attached hydrogens (tertiary/aromatic N) is 2. The Kier molecular flexibility index (Phi) is 7.01. The Morgan fingerprint density at radius 1 is 1.00 bits per heavy atom. The van der Waals surface area contributed by atoms with E-state index in [1.165, 1.54) is 16.8 Å². The lowest BCUT2D eigenvalue weighted by molar-refractivity contribution is 0.269. The molecule has 0 radical (unpaired) electrons. The Labute approximate surface area is 144 Å². The summed E-state index contributed by atoms with van der Waals surface area (Å²) in [6.07, 6.45) is 0. The zero-order chi connectivity index (χ0) is 13.9. The first-order valence-corrected chi connectivity index (χ1v) is 7.08. The van der Waals surface area contributed by atoms with E-state index in [2.05, 4.69) is 53.2 Å². The molecule has 0 atom stereocenters. The highest BCUT2D eigenvalue weighted by Crippen LogP contribution is 2.24. The van der Waals surface area contributed by atoms with Crippen LogP contribution in [0.25, 0.3) is 0 Å². The number of nitrogen functional groups attached to an aromatic ring is 1. The number of para-hydroxylation sites is 1. The summed E-state index contributed by atoms with van der Waals surface area (Å²) < 4.78 is 0. The Bertz CT molecular complexity index is 604. The Morgan fingerprint density at radius 3 is 2.55 bits per heavy atom. The van der Waals surface area contributed by atoms with Gasteiger partial charge in [-0.05, 0) is 29.3 Å². The highest BCUT2D eigenvalue weighted by molar-refractivity contribution is 5.85. The van der Waals surface area contributed by atoms with E-state index in [1.54, 1.807) is 0 Å². The van der Waals surface area contributed by atoms with Crippen LogP contribution in [0.1, 0.15) is 11.1 Å². The number of nitrogens with two attached hydrogens (primary N) is 1. The third-order valence-electron chi connectivity index (χ3n) is 3.91. The average Bonchev–Trinajstić information content (AvgIpc) is 2.59. The van der Waals surface area contributed by atoms with E-state index in [0.717, 1.165) is 31.9 Å². The van der Waals surface area contributed by atoms with Crippen molar-refractivity contribution in [3.63, 3.8) is 0 Å². The van der Waals surface area contributed by atoms with Crippen molar-refractivity contribution in [2.75, 3.05) is 30.8 Å². The second-order valence-electron chi connectivity index (χ2n) is 5.51. The van der Waals surface area contributed by atoms with Gasteiger partial charge in [-0.1, -0.05) is 30.3 Å². The monoisotopic (exact) mass is 339 g/mol. The highest BCUT2D eigenvalue weighted by Gasteiger charge is 2.17. The van der Waals surface area contributed by atoms with Gasteiger partial charge in [0.25, 0.3) is 0 Å². The van der Waals surface area contributed by atoms with Gasteiger partial charge in [0.15, 0.2) is 0 Å². The molecule has 2 N–H and O–H groups in total. The first kappa shape index (κ1) is 18.6. The zero-order valence-corrected chi connectivity index (χ0v) is 14.4. The van der Waals surface area contributed by atoms with Crippen LogP contribution in [-0.2, 0) is 13.1 Å². The SMILES string of the molecule is CN1CCN(Cc2cccc(N)c2)Cc2ccccc21.Cl.Cl. The quantitative estimate of drug-likeness (QED) is 0.849. The molecule has 0 bridgehead atoms. The molecule has 3 rings (SSSR count). The zero-order valence-electron chi connectivity index (χ0n) is 12.7. The minimum Gasteiger partial charge on any atom is -0.399 e. The summed E-state index contributed by atoms with van der Waals surface area (Å²) in [5, 5.41) is 0. The molecule has 0 aromatic heterocycles. The van der Waals surface area contributed by atoms with Crippen LogP contribution in [0.3, 0.4) is 0 Å². The third kappa shape index (κ3) is 4.29. The van der Waals surface area contributed by atoms with Gasteiger partial charge in [0.05, 0.1) is 0 Å². The van der Waals surface area contributed by atoms with E-state index in [4.69, 9.17) is 5.73 Å². The minimum atomic E-state index is 0. The molecule has 0 saturated heterocycles. The van der Waals surface area contributed by atoms with Crippen LogP contribution in [0.15, 0.2) is 48.5 Å². The lowest BCUT2D eigenvalue weighted by Gasteiger charge is -2.20. The maximum Gasteiger partial charge on any atom is 0.0409 e. The first-order valence-electron chi connectivity index (χ1n) is 7.08. The van der Waals surface area contributed by atoms with Gasteiger partial charge in [-0.15, -0.1) is 24.8 Å². The second-order valence-corrected chi connectivity index (χ2v) is 5.51. The van der Waals surface area contributed by atoms with Crippen molar-refractivity contribution < 1.29 is 0 Å². The Hall–Kier alpha value is -1.42. The van der Waals surface area contributed by atoms with E-state index in [1.807, 2.05) is 12.1 Å². The van der Waals surface area contributed by atoms with Crippen LogP contribution in [0.4, 0.5) is 11.4 Å². The molecule has 1 aliphatic rings. The van der Waals surface area contributed by atoms with Crippen LogP contribution in [-0.4, -0.2) is 25.0 Å². The van der Waals surface area contributed by atoms with E-state index in [0.29, 0.717) is 0 Å². The van der Waals surface area contributed by atoms with Gasteiger partial charge in [-0.25, -0.2) is 0 Å². The number of anilines is 2. The molecule has 1 heterocycles. The number of halogens is 2. The summed E-state index contributed by atoms with van der Waals surface area (Å²) in [4.78, 5) is 4.83. The second kappa shape index (κ2) is 8.28. The number of benzene rings is 2. The predicted octanol–water partition coefficient (Wildman–Crippen LogP) is 3.56. The number of hydrogen-bond acceptors (Lipinski definition) is 3. The largest absolute Gasteiger partial charge is 0.399 e. The number of rotatable bonds is 2. The van der Waals surface area contributed by atoms with E-state index in [-0.39, 0.29) is 24.8 Å². The summed E-state index contributed by atoms with van der Waals surface area (Å²) >= 11 is 0. The van der Waals surface area contributed by atoms with Crippen LogP contribution < -0.4 is 10.6 Å². The van der Waals surface area contributed by atoms with Crippen molar-refractivity contribution in [3.8, 4) is 0 Å². The van der Waals surface area contributed by atoms with Crippen LogP contribution in [0, 0.1) is 0 Å².